The fourth-order valence-corrected chi connectivity index (χ4v) is 3.90. The second kappa shape index (κ2) is 7.11. The molecule has 1 saturated carbocycles. The molecule has 0 bridgehead atoms. The van der Waals surface area contributed by atoms with Crippen molar-refractivity contribution >= 4 is 11.8 Å². The molecular weight excluding hydrogens is 322 g/mol. The van der Waals surface area contributed by atoms with Crippen molar-refractivity contribution in [3.05, 3.63) is 11.9 Å². The number of aromatic nitrogens is 3. The third-order valence-corrected chi connectivity index (χ3v) is 5.55. The first-order chi connectivity index (χ1) is 12.2. The first-order valence-electron chi connectivity index (χ1n) is 9.27. The molecule has 2 saturated heterocycles. The number of morpholine rings is 1. The summed E-state index contributed by atoms with van der Waals surface area (Å²) in [5.41, 5.74) is 0.373. The molecule has 0 N–H and O–H groups in total. The third-order valence-electron chi connectivity index (χ3n) is 5.55. The van der Waals surface area contributed by atoms with Crippen LogP contribution in [-0.2, 0) is 9.53 Å². The van der Waals surface area contributed by atoms with Crippen LogP contribution >= 0.6 is 0 Å². The van der Waals surface area contributed by atoms with Gasteiger partial charge in [-0.25, -0.2) is 4.68 Å². The molecule has 3 aliphatic rings. The quantitative estimate of drug-likeness (QED) is 0.801. The molecule has 8 heteroatoms. The molecule has 3 heterocycles. The van der Waals surface area contributed by atoms with Gasteiger partial charge in [0.15, 0.2) is 5.69 Å². The van der Waals surface area contributed by atoms with Crippen molar-refractivity contribution in [1.82, 2.24) is 24.8 Å². The lowest BCUT2D eigenvalue weighted by atomic mass is 10.0. The van der Waals surface area contributed by atoms with E-state index in [1.807, 2.05) is 4.90 Å². The first kappa shape index (κ1) is 16.5. The molecule has 136 valence electrons. The Morgan fingerprint density at radius 3 is 2.56 bits per heavy atom. The van der Waals surface area contributed by atoms with Crippen LogP contribution in [0.4, 0.5) is 0 Å². The van der Waals surface area contributed by atoms with Gasteiger partial charge in [-0.2, -0.15) is 0 Å². The average Bonchev–Trinajstić information content (AvgIpc) is 3.26. The highest BCUT2D eigenvalue weighted by atomic mass is 16.5. The molecule has 1 aromatic rings. The van der Waals surface area contributed by atoms with Gasteiger partial charge in [0.1, 0.15) is 0 Å². The maximum Gasteiger partial charge on any atom is 0.276 e. The average molecular weight is 347 g/mol. The summed E-state index contributed by atoms with van der Waals surface area (Å²) in [4.78, 5) is 28.3. The van der Waals surface area contributed by atoms with Crippen molar-refractivity contribution < 1.29 is 14.3 Å². The monoisotopic (exact) mass is 347 g/mol. The number of amides is 2. The van der Waals surface area contributed by atoms with Crippen LogP contribution < -0.4 is 0 Å². The minimum absolute atomic E-state index is 0.0944. The van der Waals surface area contributed by atoms with Crippen molar-refractivity contribution in [2.24, 2.45) is 5.92 Å². The standard InChI is InChI=1S/C17H25N5O3/c23-16(9-13-3-1-2-4-13)21-10-14(11-21)22-12-15(18-19-22)17(24)20-5-7-25-8-6-20/h12-14H,1-11H2. The largest absolute Gasteiger partial charge is 0.378 e. The van der Waals surface area contributed by atoms with E-state index in [9.17, 15) is 9.59 Å². The van der Waals surface area contributed by atoms with Crippen molar-refractivity contribution in [3.8, 4) is 0 Å². The predicted octanol–water partition coefficient (Wildman–Crippen LogP) is 0.714. The second-order valence-corrected chi connectivity index (χ2v) is 7.30. The molecule has 1 aromatic heterocycles. The molecule has 8 nitrogen and oxygen atoms in total. The molecule has 0 spiro atoms. The highest BCUT2D eigenvalue weighted by Crippen LogP contribution is 2.30. The minimum Gasteiger partial charge on any atom is -0.378 e. The molecule has 3 fully saturated rings. The van der Waals surface area contributed by atoms with E-state index in [1.165, 1.54) is 25.7 Å². The smallest absolute Gasteiger partial charge is 0.276 e. The number of likely N-dealkylation sites (tertiary alicyclic amines) is 1. The van der Waals surface area contributed by atoms with Crippen LogP contribution in [0.2, 0.25) is 0 Å². The van der Waals surface area contributed by atoms with Crippen LogP contribution in [0.15, 0.2) is 6.20 Å². The van der Waals surface area contributed by atoms with E-state index >= 15 is 0 Å². The van der Waals surface area contributed by atoms with Crippen LogP contribution in [0.1, 0.15) is 48.6 Å². The van der Waals surface area contributed by atoms with Crippen LogP contribution in [0.3, 0.4) is 0 Å². The number of hydrogen-bond donors (Lipinski definition) is 0. The maximum atomic E-state index is 12.4. The Morgan fingerprint density at radius 2 is 1.84 bits per heavy atom. The maximum absolute atomic E-state index is 12.4. The third kappa shape index (κ3) is 3.53. The SMILES string of the molecule is O=C(CC1CCCC1)N1CC(n2cc(C(=O)N3CCOCC3)nn2)C1. The first-order valence-corrected chi connectivity index (χ1v) is 9.27. The minimum atomic E-state index is -0.0944. The Bertz CT molecular complexity index is 628. The van der Waals surface area contributed by atoms with Crippen molar-refractivity contribution in [2.45, 2.75) is 38.1 Å². The highest BCUT2D eigenvalue weighted by Gasteiger charge is 2.34. The summed E-state index contributed by atoms with van der Waals surface area (Å²) in [6.07, 6.45) is 7.31. The second-order valence-electron chi connectivity index (χ2n) is 7.30. The zero-order chi connectivity index (χ0) is 17.2. The zero-order valence-corrected chi connectivity index (χ0v) is 14.5. The topological polar surface area (TPSA) is 80.6 Å². The van der Waals surface area contributed by atoms with Crippen molar-refractivity contribution in [3.63, 3.8) is 0 Å². The van der Waals surface area contributed by atoms with Crippen LogP contribution in [0, 0.1) is 5.92 Å². The van der Waals surface area contributed by atoms with E-state index in [-0.39, 0.29) is 17.9 Å². The molecule has 2 aliphatic heterocycles. The van der Waals surface area contributed by atoms with E-state index in [1.54, 1.807) is 15.8 Å². The number of carbonyl (C=O) groups excluding carboxylic acids is 2. The van der Waals surface area contributed by atoms with Gasteiger partial charge in [-0.15, -0.1) is 5.10 Å². The van der Waals surface area contributed by atoms with E-state index < -0.39 is 0 Å². The Labute approximate surface area is 147 Å². The summed E-state index contributed by atoms with van der Waals surface area (Å²) >= 11 is 0. The Hall–Kier alpha value is -1.96. The summed E-state index contributed by atoms with van der Waals surface area (Å²) in [5, 5.41) is 8.13. The molecule has 0 unspecified atom stereocenters. The van der Waals surface area contributed by atoms with Gasteiger partial charge in [0.2, 0.25) is 5.91 Å². The van der Waals surface area contributed by atoms with Crippen molar-refractivity contribution in [1.29, 1.82) is 0 Å². The Balaban J connectivity index is 1.28. The number of ether oxygens (including phenoxy) is 1. The summed E-state index contributed by atoms with van der Waals surface area (Å²) in [7, 11) is 0. The predicted molar refractivity (Wildman–Crippen MR) is 88.9 cm³/mol. The lowest BCUT2D eigenvalue weighted by Crippen LogP contribution is -2.51. The molecule has 0 radical (unpaired) electrons. The molecule has 25 heavy (non-hydrogen) atoms. The number of carbonyl (C=O) groups is 2. The number of hydrogen-bond acceptors (Lipinski definition) is 5. The lowest BCUT2D eigenvalue weighted by Gasteiger charge is -2.39. The van der Waals surface area contributed by atoms with Crippen LogP contribution in [-0.4, -0.2) is 76.0 Å². The molecule has 0 aromatic carbocycles. The fourth-order valence-electron chi connectivity index (χ4n) is 3.90. The summed E-state index contributed by atoms with van der Waals surface area (Å²) < 4.78 is 6.99. The highest BCUT2D eigenvalue weighted by molar-refractivity contribution is 5.92. The Morgan fingerprint density at radius 1 is 1.12 bits per heavy atom. The van der Waals surface area contributed by atoms with Gasteiger partial charge in [0.05, 0.1) is 25.5 Å². The van der Waals surface area contributed by atoms with Gasteiger partial charge in [-0.3, -0.25) is 9.59 Å². The zero-order valence-electron chi connectivity index (χ0n) is 14.5. The number of nitrogens with zero attached hydrogens (tertiary/aromatic N) is 5. The molecule has 0 atom stereocenters. The van der Waals surface area contributed by atoms with Crippen LogP contribution in [0.5, 0.6) is 0 Å². The van der Waals surface area contributed by atoms with Gasteiger partial charge >= 0.3 is 0 Å². The normalized spacial score (nSPS) is 22.2. The fraction of sp³-hybridized carbons (Fsp3) is 0.765. The molecule has 1 aliphatic carbocycles. The van der Waals surface area contributed by atoms with Gasteiger partial charge in [-0.1, -0.05) is 18.1 Å². The van der Waals surface area contributed by atoms with Crippen molar-refractivity contribution in [2.75, 3.05) is 39.4 Å². The molecular formula is C17H25N5O3. The summed E-state index contributed by atoms with van der Waals surface area (Å²) in [6, 6.07) is 0.131. The van der Waals surface area contributed by atoms with Gasteiger partial charge in [0, 0.05) is 32.6 Å². The number of rotatable bonds is 4. The van der Waals surface area contributed by atoms with Crippen LogP contribution in [0.25, 0.3) is 0 Å². The van der Waals surface area contributed by atoms with E-state index in [2.05, 4.69) is 10.3 Å². The van der Waals surface area contributed by atoms with E-state index in [4.69, 9.17) is 4.74 Å². The molecule has 4 rings (SSSR count). The van der Waals surface area contributed by atoms with Gasteiger partial charge in [-0.05, 0) is 18.8 Å². The lowest BCUT2D eigenvalue weighted by molar-refractivity contribution is -0.138. The summed E-state index contributed by atoms with van der Waals surface area (Å²) in [5.74, 6) is 0.742. The van der Waals surface area contributed by atoms with Gasteiger partial charge in [0.25, 0.3) is 5.91 Å². The van der Waals surface area contributed by atoms with E-state index in [0.29, 0.717) is 57.4 Å². The van der Waals surface area contributed by atoms with Gasteiger partial charge < -0.3 is 14.5 Å². The Kier molecular flexibility index (Phi) is 4.70. The van der Waals surface area contributed by atoms with E-state index in [0.717, 1.165) is 0 Å². The molecule has 2 amide bonds. The summed E-state index contributed by atoms with van der Waals surface area (Å²) in [6.45, 7) is 3.67.